The van der Waals surface area contributed by atoms with Crippen LogP contribution < -0.4 is 10.6 Å². The number of likely N-dealkylation sites (N-methyl/N-ethyl adjacent to an activating group) is 1. The highest BCUT2D eigenvalue weighted by atomic mass is 35.5. The lowest BCUT2D eigenvalue weighted by atomic mass is 9.95. The molecule has 0 fully saturated rings. The average molecular weight is 563 g/mol. The minimum absolute atomic E-state index is 0.150. The van der Waals surface area contributed by atoms with Crippen molar-refractivity contribution in [1.82, 2.24) is 20.4 Å². The highest BCUT2D eigenvalue weighted by Gasteiger charge is 2.46. The predicted octanol–water partition coefficient (Wildman–Crippen LogP) is 5.55. The molecule has 0 spiro atoms. The van der Waals surface area contributed by atoms with Crippen molar-refractivity contribution in [2.45, 2.75) is 32.5 Å². The van der Waals surface area contributed by atoms with Gasteiger partial charge in [0.25, 0.3) is 5.91 Å². The first-order valence-electron chi connectivity index (χ1n) is 12.8. The molecule has 0 aromatic heterocycles. The minimum atomic E-state index is -0.748. The number of benzene rings is 3. The van der Waals surface area contributed by atoms with Gasteiger partial charge >= 0.3 is 6.03 Å². The van der Waals surface area contributed by atoms with Gasteiger partial charge in [0.15, 0.2) is 0 Å². The van der Waals surface area contributed by atoms with Crippen molar-refractivity contribution in [3.63, 3.8) is 0 Å². The molecular weight excluding hydrogens is 535 g/mol. The van der Waals surface area contributed by atoms with E-state index in [0.717, 1.165) is 16.7 Å². The summed E-state index contributed by atoms with van der Waals surface area (Å²) in [6.45, 7) is 4.40. The maximum Gasteiger partial charge on any atom is 0.322 e. The predicted molar refractivity (Wildman–Crippen MR) is 152 cm³/mol. The van der Waals surface area contributed by atoms with Crippen LogP contribution in [0.4, 0.5) is 4.79 Å². The van der Waals surface area contributed by atoms with Gasteiger partial charge in [0.1, 0.15) is 6.04 Å². The number of amides is 4. The molecule has 4 amide bonds. The van der Waals surface area contributed by atoms with Crippen LogP contribution in [0.2, 0.25) is 10.0 Å². The van der Waals surface area contributed by atoms with Crippen LogP contribution in [0.15, 0.2) is 84.1 Å². The Kier molecular flexibility index (Phi) is 7.64. The van der Waals surface area contributed by atoms with E-state index in [0.29, 0.717) is 40.0 Å². The lowest BCUT2D eigenvalue weighted by Crippen LogP contribution is -2.47. The number of rotatable bonds is 7. The first-order valence-corrected chi connectivity index (χ1v) is 13.5. The van der Waals surface area contributed by atoms with E-state index >= 15 is 0 Å². The Bertz CT molecular complexity index is 1460. The molecule has 2 atom stereocenters. The molecule has 0 aliphatic carbocycles. The van der Waals surface area contributed by atoms with E-state index in [1.54, 1.807) is 25.1 Å². The summed E-state index contributed by atoms with van der Waals surface area (Å²) in [5.74, 6) is -0.590. The molecule has 5 rings (SSSR count). The third kappa shape index (κ3) is 5.24. The molecule has 0 bridgehead atoms. The number of hydrogen-bond donors (Lipinski definition) is 2. The van der Waals surface area contributed by atoms with Gasteiger partial charge in [-0.2, -0.15) is 0 Å². The first kappa shape index (κ1) is 26.8. The van der Waals surface area contributed by atoms with Crippen LogP contribution in [0.1, 0.15) is 31.0 Å². The number of urea groups is 1. The standard InChI is InChI=1S/C30H28Cl2N4O3/c1-3-35-25-17-36(29(38)26(25)27(34-30(35)39)23-14-13-22(31)15-24(23)32)18(2)28(37)33-16-19-9-11-21(12-10-19)20-7-5-4-6-8-20/h4-15,18,27H,3,16-17H2,1-2H3,(H,33,37)(H,34,39)/t18-,27-/m0/s1. The molecular formula is C30H28Cl2N4O3. The van der Waals surface area contributed by atoms with Gasteiger partial charge in [0, 0.05) is 23.1 Å². The number of carbonyl (C=O) groups is 3. The minimum Gasteiger partial charge on any atom is -0.350 e. The van der Waals surface area contributed by atoms with E-state index in [-0.39, 0.29) is 24.4 Å². The third-order valence-electron chi connectivity index (χ3n) is 7.21. The molecule has 0 saturated carbocycles. The Balaban J connectivity index is 1.30. The summed E-state index contributed by atoms with van der Waals surface area (Å²) in [4.78, 5) is 42.8. The highest BCUT2D eigenvalue weighted by Crippen LogP contribution is 2.39. The quantitative estimate of drug-likeness (QED) is 0.396. The van der Waals surface area contributed by atoms with Gasteiger partial charge < -0.3 is 15.5 Å². The molecule has 0 saturated heterocycles. The van der Waals surface area contributed by atoms with Crippen molar-refractivity contribution >= 4 is 41.0 Å². The zero-order valence-electron chi connectivity index (χ0n) is 21.6. The van der Waals surface area contributed by atoms with E-state index in [2.05, 4.69) is 10.6 Å². The number of halogens is 2. The van der Waals surface area contributed by atoms with Gasteiger partial charge in [-0.15, -0.1) is 0 Å². The Morgan fingerprint density at radius 1 is 1.03 bits per heavy atom. The van der Waals surface area contributed by atoms with Crippen molar-refractivity contribution in [3.8, 4) is 11.1 Å². The molecule has 2 N–H and O–H groups in total. The zero-order valence-corrected chi connectivity index (χ0v) is 23.1. The Labute approximate surface area is 237 Å². The summed E-state index contributed by atoms with van der Waals surface area (Å²) in [5, 5.41) is 6.65. The zero-order chi connectivity index (χ0) is 27.7. The van der Waals surface area contributed by atoms with Crippen LogP contribution in [0.25, 0.3) is 11.1 Å². The van der Waals surface area contributed by atoms with E-state index in [1.807, 2.05) is 61.5 Å². The average Bonchev–Trinajstić information content (AvgIpc) is 3.28. The van der Waals surface area contributed by atoms with E-state index in [4.69, 9.17) is 23.2 Å². The second kappa shape index (κ2) is 11.1. The van der Waals surface area contributed by atoms with Gasteiger partial charge in [0.2, 0.25) is 5.91 Å². The maximum atomic E-state index is 13.7. The smallest absolute Gasteiger partial charge is 0.322 e. The molecule has 7 nitrogen and oxygen atoms in total. The van der Waals surface area contributed by atoms with Crippen LogP contribution >= 0.6 is 23.2 Å². The summed E-state index contributed by atoms with van der Waals surface area (Å²) in [6.07, 6.45) is 0. The van der Waals surface area contributed by atoms with Gasteiger partial charge in [0.05, 0.1) is 23.9 Å². The number of carbonyl (C=O) groups excluding carboxylic acids is 3. The van der Waals surface area contributed by atoms with E-state index in [9.17, 15) is 14.4 Å². The van der Waals surface area contributed by atoms with Crippen molar-refractivity contribution in [3.05, 3.63) is 105 Å². The Morgan fingerprint density at radius 3 is 2.38 bits per heavy atom. The van der Waals surface area contributed by atoms with Crippen molar-refractivity contribution in [2.75, 3.05) is 13.1 Å². The molecule has 3 aromatic carbocycles. The highest BCUT2D eigenvalue weighted by molar-refractivity contribution is 6.35. The molecule has 2 aliphatic rings. The summed E-state index contributed by atoms with van der Waals surface area (Å²) in [6, 6.07) is 21.2. The van der Waals surface area contributed by atoms with Gasteiger partial charge in [-0.3, -0.25) is 14.5 Å². The molecule has 2 heterocycles. The molecule has 2 aliphatic heterocycles. The lowest BCUT2D eigenvalue weighted by Gasteiger charge is -2.33. The fraction of sp³-hybridized carbons (Fsp3) is 0.233. The Morgan fingerprint density at radius 2 is 1.72 bits per heavy atom. The number of nitrogens with zero attached hydrogens (tertiary/aromatic N) is 2. The van der Waals surface area contributed by atoms with Gasteiger partial charge in [-0.05, 0) is 48.2 Å². The molecule has 9 heteroatoms. The fourth-order valence-corrected chi connectivity index (χ4v) is 5.57. The molecule has 0 radical (unpaired) electrons. The second-order valence-electron chi connectivity index (χ2n) is 9.54. The van der Waals surface area contributed by atoms with Crippen LogP contribution in [0.3, 0.4) is 0 Å². The van der Waals surface area contributed by atoms with Crippen molar-refractivity contribution < 1.29 is 14.4 Å². The number of nitrogens with one attached hydrogen (secondary N) is 2. The normalized spacial score (nSPS) is 17.7. The van der Waals surface area contributed by atoms with Crippen LogP contribution in [0, 0.1) is 0 Å². The summed E-state index contributed by atoms with van der Waals surface area (Å²) >= 11 is 12.5. The van der Waals surface area contributed by atoms with Crippen LogP contribution in [0.5, 0.6) is 0 Å². The topological polar surface area (TPSA) is 81.8 Å². The maximum absolute atomic E-state index is 13.7. The largest absolute Gasteiger partial charge is 0.350 e. The van der Waals surface area contributed by atoms with Gasteiger partial charge in [-0.1, -0.05) is 83.9 Å². The summed E-state index contributed by atoms with van der Waals surface area (Å²) in [5.41, 5.74) is 4.74. The van der Waals surface area contributed by atoms with Gasteiger partial charge in [-0.25, -0.2) is 4.79 Å². The van der Waals surface area contributed by atoms with Crippen molar-refractivity contribution in [2.24, 2.45) is 0 Å². The Hall–Kier alpha value is -3.81. The van der Waals surface area contributed by atoms with E-state index < -0.39 is 12.1 Å². The van der Waals surface area contributed by atoms with E-state index in [1.165, 1.54) is 9.80 Å². The number of hydrogen-bond acceptors (Lipinski definition) is 3. The fourth-order valence-electron chi connectivity index (χ4n) is 5.05. The third-order valence-corrected chi connectivity index (χ3v) is 7.78. The van der Waals surface area contributed by atoms with Crippen LogP contribution in [-0.4, -0.2) is 46.8 Å². The molecule has 3 aromatic rings. The second-order valence-corrected chi connectivity index (χ2v) is 10.4. The SMILES string of the molecule is CCN1C(=O)N[C@@H](c2ccc(Cl)cc2Cl)C2=C1CN([C@@H](C)C(=O)NCc1ccc(-c3ccccc3)cc1)C2=O. The van der Waals surface area contributed by atoms with Crippen molar-refractivity contribution in [1.29, 1.82) is 0 Å². The monoisotopic (exact) mass is 562 g/mol. The molecule has 200 valence electrons. The van der Waals surface area contributed by atoms with Crippen LogP contribution in [-0.2, 0) is 16.1 Å². The molecule has 39 heavy (non-hydrogen) atoms. The summed E-state index contributed by atoms with van der Waals surface area (Å²) in [7, 11) is 0. The summed E-state index contributed by atoms with van der Waals surface area (Å²) < 4.78 is 0. The lowest BCUT2D eigenvalue weighted by molar-refractivity contribution is -0.135. The first-order chi connectivity index (χ1) is 18.8. The molecule has 0 unspecified atom stereocenters.